The summed E-state index contributed by atoms with van der Waals surface area (Å²) in [5.41, 5.74) is 2.85. The van der Waals surface area contributed by atoms with Crippen LogP contribution in [0.2, 0.25) is 0 Å². The largest absolute Gasteiger partial charge is 0.502 e. The van der Waals surface area contributed by atoms with Gasteiger partial charge in [-0.05, 0) is 35.8 Å². The van der Waals surface area contributed by atoms with Gasteiger partial charge in [0.15, 0.2) is 0 Å². The van der Waals surface area contributed by atoms with E-state index in [9.17, 15) is 9.90 Å². The van der Waals surface area contributed by atoms with Crippen LogP contribution in [0.25, 0.3) is 17.2 Å². The predicted molar refractivity (Wildman–Crippen MR) is 79.1 cm³/mol. The molecule has 1 N–H and O–H groups in total. The molecular weight excluding hydrogens is 252 g/mol. The zero-order valence-electron chi connectivity index (χ0n) is 11.2. The van der Waals surface area contributed by atoms with Crippen molar-refractivity contribution in [3.8, 4) is 11.1 Å². The second-order valence-corrected chi connectivity index (χ2v) is 4.24. The average molecular weight is 268 g/mol. The minimum atomic E-state index is -0.711. The SMILES string of the molecule is CCOC(=O)/C(O)=C/c1cccc(-c2ccccc2)c1. The zero-order valence-corrected chi connectivity index (χ0v) is 11.2. The molecule has 102 valence electrons. The first kappa shape index (κ1) is 13.9. The van der Waals surface area contributed by atoms with Crippen LogP contribution in [0.1, 0.15) is 12.5 Å². The number of benzene rings is 2. The van der Waals surface area contributed by atoms with Gasteiger partial charge in [0.2, 0.25) is 5.76 Å². The van der Waals surface area contributed by atoms with Crippen molar-refractivity contribution < 1.29 is 14.6 Å². The summed E-state index contributed by atoms with van der Waals surface area (Å²) in [4.78, 5) is 11.4. The van der Waals surface area contributed by atoms with Gasteiger partial charge in [0.25, 0.3) is 0 Å². The summed E-state index contributed by atoms with van der Waals surface area (Å²) in [6.07, 6.45) is 1.41. The van der Waals surface area contributed by atoms with Crippen molar-refractivity contribution in [2.24, 2.45) is 0 Å². The fraction of sp³-hybridized carbons (Fsp3) is 0.118. The highest BCUT2D eigenvalue weighted by Crippen LogP contribution is 2.21. The first-order valence-electron chi connectivity index (χ1n) is 6.44. The highest BCUT2D eigenvalue weighted by Gasteiger charge is 2.08. The monoisotopic (exact) mass is 268 g/mol. The summed E-state index contributed by atoms with van der Waals surface area (Å²) in [6, 6.07) is 17.5. The topological polar surface area (TPSA) is 46.5 Å². The zero-order chi connectivity index (χ0) is 14.4. The Bertz CT molecular complexity index is 615. The predicted octanol–water partition coefficient (Wildman–Crippen LogP) is 3.82. The second-order valence-electron chi connectivity index (χ2n) is 4.24. The molecular formula is C17H16O3. The van der Waals surface area contributed by atoms with Gasteiger partial charge in [-0.25, -0.2) is 4.79 Å². The molecule has 20 heavy (non-hydrogen) atoms. The van der Waals surface area contributed by atoms with E-state index in [4.69, 9.17) is 4.74 Å². The van der Waals surface area contributed by atoms with Crippen LogP contribution in [0.3, 0.4) is 0 Å². The number of esters is 1. The minimum absolute atomic E-state index is 0.237. The van der Waals surface area contributed by atoms with Crippen LogP contribution in [0.15, 0.2) is 60.4 Å². The smallest absolute Gasteiger partial charge is 0.373 e. The van der Waals surface area contributed by atoms with E-state index in [2.05, 4.69) is 0 Å². The number of ether oxygens (including phenoxy) is 1. The Balaban J connectivity index is 2.27. The molecule has 2 aromatic rings. The van der Waals surface area contributed by atoms with Crippen LogP contribution >= 0.6 is 0 Å². The molecule has 0 aromatic heterocycles. The van der Waals surface area contributed by atoms with Gasteiger partial charge in [0.1, 0.15) is 0 Å². The number of carbonyl (C=O) groups excluding carboxylic acids is 1. The molecule has 2 rings (SSSR count). The van der Waals surface area contributed by atoms with Gasteiger partial charge in [0, 0.05) is 0 Å². The maximum atomic E-state index is 11.4. The highest BCUT2D eigenvalue weighted by atomic mass is 16.5. The third-order valence-corrected chi connectivity index (χ3v) is 2.78. The van der Waals surface area contributed by atoms with E-state index in [0.29, 0.717) is 0 Å². The minimum Gasteiger partial charge on any atom is -0.502 e. The fourth-order valence-corrected chi connectivity index (χ4v) is 1.86. The molecule has 0 radical (unpaired) electrons. The Kier molecular flexibility index (Phi) is 4.56. The van der Waals surface area contributed by atoms with Crippen molar-refractivity contribution in [1.29, 1.82) is 0 Å². The van der Waals surface area contributed by atoms with Crippen molar-refractivity contribution >= 4 is 12.0 Å². The lowest BCUT2D eigenvalue weighted by atomic mass is 10.0. The van der Waals surface area contributed by atoms with E-state index in [0.717, 1.165) is 16.7 Å². The van der Waals surface area contributed by atoms with Crippen LogP contribution in [-0.4, -0.2) is 17.7 Å². The first-order valence-corrected chi connectivity index (χ1v) is 6.44. The normalized spacial score (nSPS) is 11.2. The van der Waals surface area contributed by atoms with E-state index in [1.807, 2.05) is 54.6 Å². The average Bonchev–Trinajstić information content (AvgIpc) is 2.48. The molecule has 0 aliphatic heterocycles. The van der Waals surface area contributed by atoms with Crippen molar-refractivity contribution in [3.05, 3.63) is 65.9 Å². The standard InChI is InChI=1S/C17H16O3/c1-2-20-17(19)16(18)12-13-7-6-10-15(11-13)14-8-4-3-5-9-14/h3-12,18H,2H2,1H3/b16-12-. The molecule has 0 unspecified atom stereocenters. The molecule has 0 aliphatic rings. The first-order chi connectivity index (χ1) is 9.70. The molecule has 0 saturated heterocycles. The van der Waals surface area contributed by atoms with Crippen molar-refractivity contribution in [3.63, 3.8) is 0 Å². The van der Waals surface area contributed by atoms with E-state index in [-0.39, 0.29) is 6.61 Å². The lowest BCUT2D eigenvalue weighted by Crippen LogP contribution is -2.06. The van der Waals surface area contributed by atoms with Crippen LogP contribution in [-0.2, 0) is 9.53 Å². The third-order valence-electron chi connectivity index (χ3n) is 2.78. The Labute approximate surface area is 118 Å². The van der Waals surface area contributed by atoms with Gasteiger partial charge in [0.05, 0.1) is 6.61 Å². The number of aliphatic hydroxyl groups is 1. The van der Waals surface area contributed by atoms with Gasteiger partial charge < -0.3 is 9.84 Å². The molecule has 0 spiro atoms. The summed E-state index contributed by atoms with van der Waals surface area (Å²) in [7, 11) is 0. The highest BCUT2D eigenvalue weighted by molar-refractivity contribution is 5.91. The Morgan fingerprint density at radius 3 is 2.50 bits per heavy atom. The van der Waals surface area contributed by atoms with Crippen LogP contribution < -0.4 is 0 Å². The van der Waals surface area contributed by atoms with Gasteiger partial charge in [-0.15, -0.1) is 0 Å². The molecule has 0 saturated carbocycles. The van der Waals surface area contributed by atoms with E-state index in [1.165, 1.54) is 6.08 Å². The van der Waals surface area contributed by atoms with E-state index >= 15 is 0 Å². The van der Waals surface area contributed by atoms with Crippen LogP contribution in [0.4, 0.5) is 0 Å². The van der Waals surface area contributed by atoms with Gasteiger partial charge in [-0.2, -0.15) is 0 Å². The number of aliphatic hydroxyl groups excluding tert-OH is 1. The number of hydrogen-bond donors (Lipinski definition) is 1. The fourth-order valence-electron chi connectivity index (χ4n) is 1.86. The molecule has 0 bridgehead atoms. The summed E-state index contributed by atoms with van der Waals surface area (Å²) in [5.74, 6) is -1.10. The summed E-state index contributed by atoms with van der Waals surface area (Å²) in [5, 5.41) is 9.65. The molecule has 3 nitrogen and oxygen atoms in total. The van der Waals surface area contributed by atoms with Gasteiger partial charge in [-0.3, -0.25) is 0 Å². The quantitative estimate of drug-likeness (QED) is 0.521. The van der Waals surface area contributed by atoms with Crippen LogP contribution in [0, 0.1) is 0 Å². The number of carbonyl (C=O) groups is 1. The second kappa shape index (κ2) is 6.57. The number of hydrogen-bond acceptors (Lipinski definition) is 3. The Morgan fingerprint density at radius 2 is 1.80 bits per heavy atom. The molecule has 3 heteroatoms. The molecule has 0 aliphatic carbocycles. The lowest BCUT2D eigenvalue weighted by Gasteiger charge is -2.04. The van der Waals surface area contributed by atoms with Crippen molar-refractivity contribution in [1.82, 2.24) is 0 Å². The molecule has 0 fully saturated rings. The maximum Gasteiger partial charge on any atom is 0.373 e. The lowest BCUT2D eigenvalue weighted by molar-refractivity contribution is -0.141. The van der Waals surface area contributed by atoms with E-state index in [1.54, 1.807) is 6.92 Å². The van der Waals surface area contributed by atoms with Gasteiger partial charge in [-0.1, -0.05) is 48.5 Å². The molecule has 0 heterocycles. The van der Waals surface area contributed by atoms with Crippen molar-refractivity contribution in [2.45, 2.75) is 6.92 Å². The Morgan fingerprint density at radius 1 is 1.10 bits per heavy atom. The third kappa shape index (κ3) is 3.48. The summed E-state index contributed by atoms with van der Waals surface area (Å²) < 4.78 is 4.73. The summed E-state index contributed by atoms with van der Waals surface area (Å²) >= 11 is 0. The van der Waals surface area contributed by atoms with Gasteiger partial charge >= 0.3 is 5.97 Å². The number of rotatable bonds is 4. The molecule has 0 amide bonds. The molecule has 0 atom stereocenters. The summed E-state index contributed by atoms with van der Waals surface area (Å²) in [6.45, 7) is 1.93. The van der Waals surface area contributed by atoms with E-state index < -0.39 is 11.7 Å². The molecule has 2 aromatic carbocycles. The van der Waals surface area contributed by atoms with Crippen molar-refractivity contribution in [2.75, 3.05) is 6.61 Å². The Hall–Kier alpha value is -2.55. The maximum absolute atomic E-state index is 11.4. The van der Waals surface area contributed by atoms with Crippen LogP contribution in [0.5, 0.6) is 0 Å².